The van der Waals surface area contributed by atoms with Gasteiger partial charge in [-0.15, -0.1) is 0 Å². The van der Waals surface area contributed by atoms with Crippen molar-refractivity contribution in [2.45, 2.75) is 31.7 Å². The molecule has 2 N–H and O–H groups in total. The topological polar surface area (TPSA) is 91.5 Å². The first kappa shape index (κ1) is 14.5. The number of nitrogens with one attached hydrogen (secondary N) is 1. The molecule has 0 saturated carbocycles. The highest BCUT2D eigenvalue weighted by Crippen LogP contribution is 2.30. The van der Waals surface area contributed by atoms with Crippen LogP contribution in [0.4, 0.5) is 17.3 Å². The Kier molecular flexibility index (Phi) is 4.73. The second-order valence-electron chi connectivity index (χ2n) is 4.93. The number of aromatic nitrogens is 1. The third kappa shape index (κ3) is 3.16. The minimum absolute atomic E-state index is 0.0483. The Morgan fingerprint density at radius 3 is 3.05 bits per heavy atom. The minimum atomic E-state index is -0.398. The number of hydrogen-bond donors (Lipinski definition) is 2. The summed E-state index contributed by atoms with van der Waals surface area (Å²) in [5.74, 6) is 1.14. The van der Waals surface area contributed by atoms with Crippen molar-refractivity contribution >= 4 is 17.3 Å². The van der Waals surface area contributed by atoms with Crippen molar-refractivity contribution in [2.75, 3.05) is 30.4 Å². The molecule has 1 aliphatic rings. The lowest BCUT2D eigenvalue weighted by Gasteiger charge is -2.25. The zero-order valence-corrected chi connectivity index (χ0v) is 11.6. The average Bonchev–Trinajstić information content (AvgIpc) is 2.92. The van der Waals surface area contributed by atoms with Crippen LogP contribution in [0.15, 0.2) is 12.1 Å². The van der Waals surface area contributed by atoms with Crippen LogP contribution in [0.3, 0.4) is 0 Å². The summed E-state index contributed by atoms with van der Waals surface area (Å²) in [6.45, 7) is 1.03. The van der Waals surface area contributed by atoms with Crippen LogP contribution >= 0.6 is 0 Å². The van der Waals surface area contributed by atoms with Gasteiger partial charge in [0.1, 0.15) is 11.6 Å². The maximum atomic E-state index is 11.0. The number of rotatable bonds is 6. The van der Waals surface area contributed by atoms with Crippen LogP contribution in [-0.4, -0.2) is 41.3 Å². The Morgan fingerprint density at radius 1 is 1.60 bits per heavy atom. The highest BCUT2D eigenvalue weighted by molar-refractivity contribution is 5.56. The standard InChI is InChI=1S/C13H20N4O3/c1-14-12-8-11(17(19)20)9-13(15-12)16-6-2-4-10(16)5-3-7-18/h8-10,18H,2-7H2,1H3,(H,14,15). The van der Waals surface area contributed by atoms with Gasteiger partial charge >= 0.3 is 0 Å². The van der Waals surface area contributed by atoms with E-state index in [2.05, 4.69) is 15.2 Å². The molecule has 20 heavy (non-hydrogen) atoms. The number of hydrogen-bond acceptors (Lipinski definition) is 6. The first-order valence-corrected chi connectivity index (χ1v) is 6.87. The van der Waals surface area contributed by atoms with Gasteiger partial charge in [-0.2, -0.15) is 0 Å². The summed E-state index contributed by atoms with van der Waals surface area (Å²) < 4.78 is 0. The van der Waals surface area contributed by atoms with Gasteiger partial charge in [0.05, 0.1) is 17.1 Å². The highest BCUT2D eigenvalue weighted by Gasteiger charge is 2.26. The summed E-state index contributed by atoms with van der Waals surface area (Å²) >= 11 is 0. The van der Waals surface area contributed by atoms with Crippen LogP contribution in [-0.2, 0) is 0 Å². The normalized spacial score (nSPS) is 18.3. The van der Waals surface area contributed by atoms with E-state index in [0.717, 1.165) is 32.2 Å². The molecule has 0 radical (unpaired) electrons. The summed E-state index contributed by atoms with van der Waals surface area (Å²) in [5, 5.41) is 22.8. The van der Waals surface area contributed by atoms with Crippen molar-refractivity contribution in [1.29, 1.82) is 0 Å². The van der Waals surface area contributed by atoms with E-state index in [1.807, 2.05) is 0 Å². The molecule has 0 spiro atoms. The Balaban J connectivity index is 2.26. The third-order valence-electron chi connectivity index (χ3n) is 3.63. The Bertz CT molecular complexity index is 481. The molecule has 2 heterocycles. The van der Waals surface area contributed by atoms with E-state index < -0.39 is 4.92 Å². The lowest BCUT2D eigenvalue weighted by Crippen LogP contribution is -2.30. The number of aliphatic hydroxyl groups is 1. The Labute approximate surface area is 117 Å². The van der Waals surface area contributed by atoms with Gasteiger partial charge in [-0.25, -0.2) is 4.98 Å². The predicted molar refractivity (Wildman–Crippen MR) is 77.1 cm³/mol. The summed E-state index contributed by atoms with van der Waals surface area (Å²) in [5.41, 5.74) is 0.0483. The van der Waals surface area contributed by atoms with Crippen LogP contribution < -0.4 is 10.2 Å². The molecule has 0 aromatic carbocycles. The van der Waals surface area contributed by atoms with Crippen LogP contribution in [0.2, 0.25) is 0 Å². The molecule has 1 aromatic rings. The lowest BCUT2D eigenvalue weighted by atomic mass is 10.1. The largest absolute Gasteiger partial charge is 0.396 e. The van der Waals surface area contributed by atoms with Gasteiger partial charge in [0.2, 0.25) is 0 Å². The third-order valence-corrected chi connectivity index (χ3v) is 3.63. The summed E-state index contributed by atoms with van der Waals surface area (Å²) in [7, 11) is 1.70. The number of nitrogens with zero attached hydrogens (tertiary/aromatic N) is 3. The summed E-state index contributed by atoms with van der Waals surface area (Å²) in [6.07, 6.45) is 3.72. The highest BCUT2D eigenvalue weighted by atomic mass is 16.6. The molecule has 2 rings (SSSR count). The molecule has 1 aliphatic heterocycles. The second-order valence-corrected chi connectivity index (χ2v) is 4.93. The van der Waals surface area contributed by atoms with Gasteiger partial charge in [-0.3, -0.25) is 10.1 Å². The molecule has 1 unspecified atom stereocenters. The molecule has 1 atom stereocenters. The molecule has 1 aromatic heterocycles. The Morgan fingerprint density at radius 2 is 2.40 bits per heavy atom. The first-order valence-electron chi connectivity index (χ1n) is 6.87. The molecule has 7 heteroatoms. The Hall–Kier alpha value is -1.89. The summed E-state index contributed by atoms with van der Waals surface area (Å²) in [4.78, 5) is 17.1. The molecular weight excluding hydrogens is 260 g/mol. The van der Waals surface area contributed by atoms with Crippen LogP contribution in [0, 0.1) is 10.1 Å². The second kappa shape index (κ2) is 6.51. The van der Waals surface area contributed by atoms with Crippen molar-refractivity contribution in [3.63, 3.8) is 0 Å². The van der Waals surface area contributed by atoms with Crippen molar-refractivity contribution < 1.29 is 10.0 Å². The van der Waals surface area contributed by atoms with Gasteiger partial charge in [0.15, 0.2) is 0 Å². The minimum Gasteiger partial charge on any atom is -0.396 e. The fourth-order valence-electron chi connectivity index (χ4n) is 2.65. The zero-order valence-electron chi connectivity index (χ0n) is 11.6. The van der Waals surface area contributed by atoms with Gasteiger partial charge in [0.25, 0.3) is 5.69 Å². The first-order chi connectivity index (χ1) is 9.65. The van der Waals surface area contributed by atoms with Crippen LogP contribution in [0.5, 0.6) is 0 Å². The van der Waals surface area contributed by atoms with E-state index in [0.29, 0.717) is 17.7 Å². The van der Waals surface area contributed by atoms with Crippen molar-refractivity contribution in [2.24, 2.45) is 0 Å². The molecule has 0 amide bonds. The number of anilines is 2. The van der Waals surface area contributed by atoms with Crippen molar-refractivity contribution in [3.8, 4) is 0 Å². The monoisotopic (exact) mass is 280 g/mol. The van der Waals surface area contributed by atoms with E-state index in [1.54, 1.807) is 7.05 Å². The smallest absolute Gasteiger partial charge is 0.276 e. The molecule has 0 aliphatic carbocycles. The van der Waals surface area contributed by atoms with Crippen LogP contribution in [0.1, 0.15) is 25.7 Å². The van der Waals surface area contributed by atoms with E-state index in [4.69, 9.17) is 5.11 Å². The molecule has 0 bridgehead atoms. The number of aliphatic hydroxyl groups excluding tert-OH is 1. The lowest BCUT2D eigenvalue weighted by molar-refractivity contribution is -0.384. The van der Waals surface area contributed by atoms with Crippen molar-refractivity contribution in [1.82, 2.24) is 4.98 Å². The molecule has 7 nitrogen and oxygen atoms in total. The van der Waals surface area contributed by atoms with Gasteiger partial charge < -0.3 is 15.3 Å². The van der Waals surface area contributed by atoms with Gasteiger partial charge in [-0.1, -0.05) is 0 Å². The zero-order chi connectivity index (χ0) is 14.5. The molecule has 110 valence electrons. The molecular formula is C13H20N4O3. The van der Waals surface area contributed by atoms with E-state index in [1.165, 1.54) is 12.1 Å². The number of pyridine rings is 1. The summed E-state index contributed by atoms with van der Waals surface area (Å²) in [6, 6.07) is 3.27. The maximum Gasteiger partial charge on any atom is 0.276 e. The van der Waals surface area contributed by atoms with Gasteiger partial charge in [0, 0.05) is 26.2 Å². The van der Waals surface area contributed by atoms with Crippen LogP contribution in [0.25, 0.3) is 0 Å². The van der Waals surface area contributed by atoms with Crippen molar-refractivity contribution in [3.05, 3.63) is 22.2 Å². The van der Waals surface area contributed by atoms with E-state index in [9.17, 15) is 10.1 Å². The van der Waals surface area contributed by atoms with Gasteiger partial charge in [-0.05, 0) is 25.7 Å². The SMILES string of the molecule is CNc1cc([N+](=O)[O-])cc(N2CCCC2CCCO)n1. The maximum absolute atomic E-state index is 11.0. The number of nitro groups is 1. The fraction of sp³-hybridized carbons (Fsp3) is 0.615. The van der Waals surface area contributed by atoms with E-state index >= 15 is 0 Å². The molecule has 1 saturated heterocycles. The predicted octanol–water partition coefficient (Wildman–Crippen LogP) is 1.77. The average molecular weight is 280 g/mol. The quantitative estimate of drug-likeness (QED) is 0.609. The molecule has 1 fully saturated rings. The fourth-order valence-corrected chi connectivity index (χ4v) is 2.65. The van der Waals surface area contributed by atoms with E-state index in [-0.39, 0.29) is 12.3 Å².